The molecule has 0 atom stereocenters. The van der Waals surface area contributed by atoms with E-state index < -0.39 is 0 Å². The molecule has 1 aromatic rings. The summed E-state index contributed by atoms with van der Waals surface area (Å²) in [6.45, 7) is 7.27. The van der Waals surface area contributed by atoms with Crippen LogP contribution in [-0.2, 0) is 0 Å². The molecule has 0 aliphatic heterocycles. The molecule has 0 bridgehead atoms. The number of carbonyl (C=O) groups excluding carboxylic acids is 2. The normalized spacial score (nSPS) is 16.0. The number of nitrogens with one attached hydrogen (secondary N) is 2. The van der Waals surface area contributed by atoms with Crippen molar-refractivity contribution in [1.82, 2.24) is 10.6 Å². The van der Waals surface area contributed by atoms with Gasteiger partial charge in [-0.2, -0.15) is 0 Å². The Kier molecular flexibility index (Phi) is 7.44. The third-order valence-electron chi connectivity index (χ3n) is 4.52. The fourth-order valence-electron chi connectivity index (χ4n) is 2.97. The molecule has 1 aliphatic carbocycles. The predicted molar refractivity (Wildman–Crippen MR) is 103 cm³/mol. The second-order valence-electron chi connectivity index (χ2n) is 7.97. The van der Waals surface area contributed by atoms with Crippen LogP contribution in [-0.4, -0.2) is 30.4 Å². The van der Waals surface area contributed by atoms with Crippen molar-refractivity contribution >= 4 is 24.2 Å². The summed E-state index contributed by atoms with van der Waals surface area (Å²) in [5.74, 6) is -0.241. The van der Waals surface area contributed by atoms with E-state index in [1.165, 1.54) is 0 Å². The molecule has 0 heterocycles. The van der Waals surface area contributed by atoms with Crippen LogP contribution >= 0.6 is 12.4 Å². The maximum Gasteiger partial charge on any atom is 0.251 e. The van der Waals surface area contributed by atoms with Gasteiger partial charge in [0.15, 0.2) is 0 Å². The minimum Gasteiger partial charge on any atom is -0.352 e. The molecular formula is C19H30ClN3O2. The Hall–Kier alpha value is -1.59. The summed E-state index contributed by atoms with van der Waals surface area (Å²) >= 11 is 0. The van der Waals surface area contributed by atoms with E-state index in [1.807, 2.05) is 0 Å². The molecule has 0 saturated heterocycles. The number of rotatable bonds is 5. The van der Waals surface area contributed by atoms with Crippen molar-refractivity contribution in [2.24, 2.45) is 11.1 Å². The maximum absolute atomic E-state index is 12.4. The lowest BCUT2D eigenvalue weighted by atomic mass is 9.96. The van der Waals surface area contributed by atoms with E-state index in [1.54, 1.807) is 24.3 Å². The predicted octanol–water partition coefficient (Wildman–Crippen LogP) is 2.89. The van der Waals surface area contributed by atoms with Gasteiger partial charge in [0.05, 0.1) is 5.54 Å². The molecule has 5 nitrogen and oxygen atoms in total. The number of benzene rings is 1. The summed E-state index contributed by atoms with van der Waals surface area (Å²) in [5, 5.41) is 5.99. The minimum atomic E-state index is -0.264. The molecule has 4 N–H and O–H groups in total. The number of carbonyl (C=O) groups is 2. The van der Waals surface area contributed by atoms with Crippen molar-refractivity contribution in [3.05, 3.63) is 35.4 Å². The van der Waals surface area contributed by atoms with Crippen LogP contribution in [0, 0.1) is 5.41 Å². The van der Waals surface area contributed by atoms with Crippen LogP contribution in [0.4, 0.5) is 0 Å². The largest absolute Gasteiger partial charge is 0.352 e. The number of halogens is 1. The number of amides is 2. The van der Waals surface area contributed by atoms with Crippen LogP contribution in [0.5, 0.6) is 0 Å². The highest BCUT2D eigenvalue weighted by Gasteiger charge is 2.34. The molecule has 6 heteroatoms. The summed E-state index contributed by atoms with van der Waals surface area (Å²) in [5.41, 5.74) is 6.75. The van der Waals surface area contributed by atoms with Gasteiger partial charge in [0, 0.05) is 24.2 Å². The first-order chi connectivity index (χ1) is 11.2. The highest BCUT2D eigenvalue weighted by atomic mass is 35.5. The van der Waals surface area contributed by atoms with E-state index in [9.17, 15) is 9.59 Å². The van der Waals surface area contributed by atoms with Crippen LogP contribution in [0.15, 0.2) is 24.3 Å². The number of hydrogen-bond acceptors (Lipinski definition) is 3. The molecule has 1 fully saturated rings. The standard InChI is InChI=1S/C19H29N3O2.ClH/c1-18(2,3)13-21-16(23)14-6-8-15(9-7-14)17(24)22-19(12-20)10-4-5-11-19;/h6-9H,4-5,10-13,20H2,1-3H3,(H,21,23)(H,22,24);1H. The number of hydrogen-bond donors (Lipinski definition) is 3. The minimum absolute atomic E-state index is 0. The molecule has 25 heavy (non-hydrogen) atoms. The van der Waals surface area contributed by atoms with Crippen LogP contribution in [0.1, 0.15) is 67.2 Å². The van der Waals surface area contributed by atoms with Gasteiger partial charge in [-0.25, -0.2) is 0 Å². The van der Waals surface area contributed by atoms with Crippen molar-refractivity contribution in [2.45, 2.75) is 52.0 Å². The first kappa shape index (κ1) is 21.5. The zero-order valence-electron chi connectivity index (χ0n) is 15.4. The van der Waals surface area contributed by atoms with Crippen molar-refractivity contribution in [2.75, 3.05) is 13.1 Å². The van der Waals surface area contributed by atoms with Gasteiger partial charge < -0.3 is 16.4 Å². The Labute approximate surface area is 156 Å². The van der Waals surface area contributed by atoms with Gasteiger partial charge in [0.2, 0.25) is 0 Å². The molecule has 1 saturated carbocycles. The van der Waals surface area contributed by atoms with E-state index in [-0.39, 0.29) is 35.2 Å². The van der Waals surface area contributed by atoms with Gasteiger partial charge in [0.25, 0.3) is 11.8 Å². The molecule has 2 amide bonds. The third kappa shape index (κ3) is 6.01. The van der Waals surface area contributed by atoms with Crippen LogP contribution in [0.3, 0.4) is 0 Å². The lowest BCUT2D eigenvalue weighted by Crippen LogP contribution is -2.51. The third-order valence-corrected chi connectivity index (χ3v) is 4.52. The Morgan fingerprint density at radius 3 is 1.96 bits per heavy atom. The Balaban J connectivity index is 0.00000312. The summed E-state index contributed by atoms with van der Waals surface area (Å²) in [6, 6.07) is 6.77. The fraction of sp³-hybridized carbons (Fsp3) is 0.579. The second-order valence-corrected chi connectivity index (χ2v) is 7.97. The van der Waals surface area contributed by atoms with E-state index in [4.69, 9.17) is 5.73 Å². The number of nitrogens with two attached hydrogens (primary N) is 1. The maximum atomic E-state index is 12.4. The lowest BCUT2D eigenvalue weighted by Gasteiger charge is -2.28. The van der Waals surface area contributed by atoms with Gasteiger partial charge in [-0.1, -0.05) is 33.6 Å². The quantitative estimate of drug-likeness (QED) is 0.748. The van der Waals surface area contributed by atoms with Crippen LogP contribution in [0.25, 0.3) is 0 Å². The smallest absolute Gasteiger partial charge is 0.251 e. The van der Waals surface area contributed by atoms with Crippen LogP contribution < -0.4 is 16.4 Å². The van der Waals surface area contributed by atoms with Gasteiger partial charge in [-0.05, 0) is 42.5 Å². The van der Waals surface area contributed by atoms with Gasteiger partial charge in [0.1, 0.15) is 0 Å². The molecule has 0 unspecified atom stereocenters. The molecular weight excluding hydrogens is 338 g/mol. The molecule has 140 valence electrons. The topological polar surface area (TPSA) is 84.2 Å². The average molecular weight is 368 g/mol. The van der Waals surface area contributed by atoms with Crippen molar-refractivity contribution in [3.8, 4) is 0 Å². The van der Waals surface area contributed by atoms with E-state index in [2.05, 4.69) is 31.4 Å². The van der Waals surface area contributed by atoms with Crippen molar-refractivity contribution in [1.29, 1.82) is 0 Å². The second kappa shape index (κ2) is 8.68. The van der Waals surface area contributed by atoms with E-state index in [0.29, 0.717) is 24.2 Å². The van der Waals surface area contributed by atoms with Crippen molar-refractivity contribution in [3.63, 3.8) is 0 Å². The zero-order valence-corrected chi connectivity index (χ0v) is 16.2. The van der Waals surface area contributed by atoms with Crippen molar-refractivity contribution < 1.29 is 9.59 Å². The Bertz CT molecular complexity index is 588. The average Bonchev–Trinajstić information content (AvgIpc) is 3.01. The first-order valence-corrected chi connectivity index (χ1v) is 8.66. The Morgan fingerprint density at radius 1 is 1.04 bits per heavy atom. The van der Waals surface area contributed by atoms with Crippen LogP contribution in [0.2, 0.25) is 0 Å². The monoisotopic (exact) mass is 367 g/mol. The van der Waals surface area contributed by atoms with Gasteiger partial charge in [-0.15, -0.1) is 12.4 Å². The molecule has 0 aromatic heterocycles. The highest BCUT2D eigenvalue weighted by Crippen LogP contribution is 2.28. The van der Waals surface area contributed by atoms with E-state index >= 15 is 0 Å². The van der Waals surface area contributed by atoms with Gasteiger partial charge in [-0.3, -0.25) is 9.59 Å². The fourth-order valence-corrected chi connectivity index (χ4v) is 2.97. The molecule has 0 radical (unpaired) electrons. The molecule has 2 rings (SSSR count). The first-order valence-electron chi connectivity index (χ1n) is 8.66. The zero-order chi connectivity index (χ0) is 17.8. The molecule has 1 aromatic carbocycles. The lowest BCUT2D eigenvalue weighted by molar-refractivity contribution is 0.0899. The summed E-state index contributed by atoms with van der Waals surface area (Å²) in [7, 11) is 0. The Morgan fingerprint density at radius 2 is 1.52 bits per heavy atom. The van der Waals surface area contributed by atoms with E-state index in [0.717, 1.165) is 25.7 Å². The summed E-state index contributed by atoms with van der Waals surface area (Å²) in [4.78, 5) is 24.6. The van der Waals surface area contributed by atoms with Gasteiger partial charge >= 0.3 is 0 Å². The summed E-state index contributed by atoms with van der Waals surface area (Å²) < 4.78 is 0. The molecule has 1 aliphatic rings. The summed E-state index contributed by atoms with van der Waals surface area (Å²) in [6.07, 6.45) is 4.07. The molecule has 0 spiro atoms. The SMILES string of the molecule is CC(C)(C)CNC(=O)c1ccc(C(=O)NC2(CN)CCCC2)cc1.Cl. The highest BCUT2D eigenvalue weighted by molar-refractivity contribution is 5.98.